The van der Waals surface area contributed by atoms with Gasteiger partial charge in [0.05, 0.1) is 11.3 Å². The summed E-state index contributed by atoms with van der Waals surface area (Å²) in [4.78, 5) is 2.32. The van der Waals surface area contributed by atoms with Crippen LogP contribution in [0.5, 0.6) is 0 Å². The Hall–Kier alpha value is -1.24. The molecule has 1 unspecified atom stereocenters. The molecular formula is C15H18ClN3. The Morgan fingerprint density at radius 1 is 1.26 bits per heavy atom. The Balaban J connectivity index is 1.85. The highest BCUT2D eigenvalue weighted by Crippen LogP contribution is 2.39. The Labute approximate surface area is 118 Å². The Morgan fingerprint density at radius 2 is 2.05 bits per heavy atom. The molecule has 2 aliphatic rings. The van der Waals surface area contributed by atoms with E-state index in [4.69, 9.17) is 17.3 Å². The SMILES string of the molecule is N#Cc1ccc(Cl)cc1N1C[C@H]2CCC(N)C[C@H]2C1. The summed E-state index contributed by atoms with van der Waals surface area (Å²) in [6, 6.07) is 8.13. The van der Waals surface area contributed by atoms with Gasteiger partial charge in [0.15, 0.2) is 0 Å². The van der Waals surface area contributed by atoms with Gasteiger partial charge in [0.2, 0.25) is 0 Å². The van der Waals surface area contributed by atoms with Crippen molar-refractivity contribution >= 4 is 17.3 Å². The number of anilines is 1. The molecule has 3 atom stereocenters. The third-order valence-electron chi connectivity index (χ3n) is 4.51. The van der Waals surface area contributed by atoms with E-state index in [9.17, 15) is 5.26 Å². The Kier molecular flexibility index (Phi) is 3.38. The highest BCUT2D eigenvalue weighted by Gasteiger charge is 2.37. The molecule has 4 heteroatoms. The molecule has 3 rings (SSSR count). The molecule has 0 bridgehead atoms. The van der Waals surface area contributed by atoms with Crippen molar-refractivity contribution < 1.29 is 0 Å². The van der Waals surface area contributed by atoms with Crippen molar-refractivity contribution in [1.29, 1.82) is 5.26 Å². The first kappa shape index (κ1) is 12.8. The van der Waals surface area contributed by atoms with Crippen LogP contribution in [0.3, 0.4) is 0 Å². The molecular weight excluding hydrogens is 258 g/mol. The zero-order valence-corrected chi connectivity index (χ0v) is 11.6. The number of rotatable bonds is 1. The van der Waals surface area contributed by atoms with Crippen LogP contribution >= 0.6 is 11.6 Å². The summed E-state index contributed by atoms with van der Waals surface area (Å²) in [7, 11) is 0. The first-order valence-electron chi connectivity index (χ1n) is 6.87. The van der Waals surface area contributed by atoms with E-state index in [0.29, 0.717) is 22.5 Å². The van der Waals surface area contributed by atoms with E-state index in [0.717, 1.165) is 37.5 Å². The van der Waals surface area contributed by atoms with Gasteiger partial charge in [-0.25, -0.2) is 0 Å². The van der Waals surface area contributed by atoms with Gasteiger partial charge < -0.3 is 10.6 Å². The van der Waals surface area contributed by atoms with Crippen LogP contribution in [0.1, 0.15) is 24.8 Å². The molecule has 1 heterocycles. The fraction of sp³-hybridized carbons (Fsp3) is 0.533. The van der Waals surface area contributed by atoms with Crippen LogP contribution in [0.25, 0.3) is 0 Å². The van der Waals surface area contributed by atoms with Crippen molar-refractivity contribution in [2.24, 2.45) is 17.6 Å². The highest BCUT2D eigenvalue weighted by molar-refractivity contribution is 6.30. The highest BCUT2D eigenvalue weighted by atomic mass is 35.5. The van der Waals surface area contributed by atoms with Crippen molar-refractivity contribution in [3.05, 3.63) is 28.8 Å². The summed E-state index contributed by atoms with van der Waals surface area (Å²) in [5.74, 6) is 1.40. The second-order valence-electron chi connectivity index (χ2n) is 5.77. The first-order chi connectivity index (χ1) is 9.17. The van der Waals surface area contributed by atoms with Crippen molar-refractivity contribution in [1.82, 2.24) is 0 Å². The number of benzene rings is 1. The maximum Gasteiger partial charge on any atom is 0.101 e. The minimum Gasteiger partial charge on any atom is -0.370 e. The van der Waals surface area contributed by atoms with Crippen LogP contribution in [-0.4, -0.2) is 19.1 Å². The summed E-state index contributed by atoms with van der Waals surface area (Å²) in [5, 5.41) is 9.93. The predicted molar refractivity (Wildman–Crippen MR) is 77.2 cm³/mol. The van der Waals surface area contributed by atoms with Crippen LogP contribution in [-0.2, 0) is 0 Å². The molecule has 0 aromatic heterocycles. The lowest BCUT2D eigenvalue weighted by atomic mass is 9.79. The summed E-state index contributed by atoms with van der Waals surface area (Å²) >= 11 is 6.07. The van der Waals surface area contributed by atoms with Gasteiger partial charge >= 0.3 is 0 Å². The first-order valence-corrected chi connectivity index (χ1v) is 7.25. The number of halogens is 1. The summed E-state index contributed by atoms with van der Waals surface area (Å²) < 4.78 is 0. The fourth-order valence-electron chi connectivity index (χ4n) is 3.53. The number of nitrogens with zero attached hydrogens (tertiary/aromatic N) is 2. The van der Waals surface area contributed by atoms with Gasteiger partial charge in [0.1, 0.15) is 6.07 Å². The molecule has 1 aromatic rings. The van der Waals surface area contributed by atoms with Gasteiger partial charge in [-0.2, -0.15) is 5.26 Å². The van der Waals surface area contributed by atoms with Crippen molar-refractivity contribution in [3.8, 4) is 6.07 Å². The lowest BCUT2D eigenvalue weighted by molar-refractivity contribution is 0.271. The quantitative estimate of drug-likeness (QED) is 0.857. The summed E-state index contributed by atoms with van der Waals surface area (Å²) in [6.07, 6.45) is 3.46. The van der Waals surface area contributed by atoms with E-state index in [1.807, 2.05) is 12.1 Å². The number of fused-ring (bicyclic) bond motifs is 1. The van der Waals surface area contributed by atoms with Crippen molar-refractivity contribution in [3.63, 3.8) is 0 Å². The van der Waals surface area contributed by atoms with Gasteiger partial charge in [-0.15, -0.1) is 0 Å². The van der Waals surface area contributed by atoms with Gasteiger partial charge in [0, 0.05) is 24.2 Å². The monoisotopic (exact) mass is 275 g/mol. The Bertz CT molecular complexity index is 523. The van der Waals surface area contributed by atoms with Crippen LogP contribution in [0.4, 0.5) is 5.69 Å². The largest absolute Gasteiger partial charge is 0.370 e. The average molecular weight is 276 g/mol. The zero-order valence-electron chi connectivity index (χ0n) is 10.8. The molecule has 1 aromatic carbocycles. The third-order valence-corrected chi connectivity index (χ3v) is 4.75. The molecule has 0 amide bonds. The number of hydrogen-bond acceptors (Lipinski definition) is 3. The molecule has 1 aliphatic heterocycles. The lowest BCUT2D eigenvalue weighted by Crippen LogP contribution is -2.32. The van der Waals surface area contributed by atoms with E-state index < -0.39 is 0 Å². The van der Waals surface area contributed by atoms with E-state index in [1.54, 1.807) is 6.07 Å². The topological polar surface area (TPSA) is 53.0 Å². The van der Waals surface area contributed by atoms with Gasteiger partial charge in [-0.1, -0.05) is 11.6 Å². The fourth-order valence-corrected chi connectivity index (χ4v) is 3.69. The molecule has 3 nitrogen and oxygen atoms in total. The van der Waals surface area contributed by atoms with Gasteiger partial charge in [0.25, 0.3) is 0 Å². The molecule has 100 valence electrons. The third kappa shape index (κ3) is 2.43. The smallest absolute Gasteiger partial charge is 0.101 e. The summed E-state index contributed by atoms with van der Waals surface area (Å²) in [5.41, 5.74) is 7.76. The predicted octanol–water partition coefficient (Wildman–Crippen LogP) is 2.78. The molecule has 1 aliphatic carbocycles. The normalized spacial score (nSPS) is 29.9. The molecule has 0 radical (unpaired) electrons. The number of nitriles is 1. The van der Waals surface area contributed by atoms with E-state index in [1.165, 1.54) is 6.42 Å². The van der Waals surface area contributed by atoms with Gasteiger partial charge in [-0.05, 0) is 49.3 Å². The molecule has 19 heavy (non-hydrogen) atoms. The second-order valence-corrected chi connectivity index (χ2v) is 6.21. The average Bonchev–Trinajstić information content (AvgIpc) is 2.81. The zero-order chi connectivity index (χ0) is 13.4. The maximum absolute atomic E-state index is 9.23. The van der Waals surface area contributed by atoms with Crippen molar-refractivity contribution in [2.45, 2.75) is 25.3 Å². The number of nitrogens with two attached hydrogens (primary N) is 1. The van der Waals surface area contributed by atoms with Crippen LogP contribution in [0.15, 0.2) is 18.2 Å². The van der Waals surface area contributed by atoms with E-state index >= 15 is 0 Å². The maximum atomic E-state index is 9.23. The van der Waals surface area contributed by atoms with Crippen LogP contribution < -0.4 is 10.6 Å². The summed E-state index contributed by atoms with van der Waals surface area (Å²) in [6.45, 7) is 2.04. The standard InChI is InChI=1S/C15H18ClN3/c16-13-3-1-10(7-17)15(6-13)19-8-11-2-4-14(18)5-12(11)9-19/h1,3,6,11-12,14H,2,4-5,8-9,18H2/t11-,12+,14?/m1/s1. The molecule has 2 N–H and O–H groups in total. The van der Waals surface area contributed by atoms with Crippen molar-refractivity contribution in [2.75, 3.05) is 18.0 Å². The molecule has 2 fully saturated rings. The minimum absolute atomic E-state index is 0.357. The van der Waals surface area contributed by atoms with E-state index in [2.05, 4.69) is 11.0 Å². The van der Waals surface area contributed by atoms with Gasteiger partial charge in [-0.3, -0.25) is 0 Å². The lowest BCUT2D eigenvalue weighted by Gasteiger charge is -2.27. The minimum atomic E-state index is 0.357. The van der Waals surface area contributed by atoms with E-state index in [-0.39, 0.29) is 0 Å². The Morgan fingerprint density at radius 3 is 2.84 bits per heavy atom. The number of hydrogen-bond donors (Lipinski definition) is 1. The molecule has 1 saturated carbocycles. The van der Waals surface area contributed by atoms with Crippen LogP contribution in [0, 0.1) is 23.2 Å². The second kappa shape index (κ2) is 5.03. The molecule has 0 spiro atoms. The van der Waals surface area contributed by atoms with Crippen LogP contribution in [0.2, 0.25) is 5.02 Å². The molecule has 1 saturated heterocycles.